The van der Waals surface area contributed by atoms with E-state index in [0.29, 0.717) is 18.9 Å². The third-order valence-corrected chi connectivity index (χ3v) is 3.82. The van der Waals surface area contributed by atoms with Gasteiger partial charge < -0.3 is 19.5 Å². The zero-order valence-corrected chi connectivity index (χ0v) is 11.2. The van der Waals surface area contributed by atoms with Crippen molar-refractivity contribution in [2.75, 3.05) is 26.7 Å². The number of carboxylic acids is 1. The summed E-state index contributed by atoms with van der Waals surface area (Å²) in [6.07, 6.45) is 2.72. The number of rotatable bonds is 5. The molecule has 104 valence electrons. The Morgan fingerprint density at radius 1 is 1.56 bits per heavy atom. The predicted molar refractivity (Wildman–Crippen MR) is 66.3 cm³/mol. The van der Waals surface area contributed by atoms with Crippen LogP contribution in [0.15, 0.2) is 0 Å². The molecule has 0 saturated carbocycles. The maximum atomic E-state index is 10.5. The van der Waals surface area contributed by atoms with Crippen molar-refractivity contribution in [2.24, 2.45) is 5.92 Å². The highest BCUT2D eigenvalue weighted by Crippen LogP contribution is 2.34. The van der Waals surface area contributed by atoms with Gasteiger partial charge in [-0.05, 0) is 39.3 Å². The monoisotopic (exact) mass is 257 g/mol. The Kier molecular flexibility index (Phi) is 4.25. The first kappa shape index (κ1) is 13.8. The molecule has 2 aliphatic heterocycles. The molecule has 0 bridgehead atoms. The fourth-order valence-electron chi connectivity index (χ4n) is 2.94. The number of likely N-dealkylation sites (tertiary alicyclic amines) is 1. The molecule has 0 amide bonds. The molecule has 0 aromatic carbocycles. The fraction of sp³-hybridized carbons (Fsp3) is 0.923. The molecule has 0 aromatic heterocycles. The van der Waals surface area contributed by atoms with Crippen molar-refractivity contribution in [1.29, 1.82) is 0 Å². The van der Waals surface area contributed by atoms with Crippen LogP contribution in [0.2, 0.25) is 0 Å². The van der Waals surface area contributed by atoms with Crippen molar-refractivity contribution in [3.8, 4) is 0 Å². The van der Waals surface area contributed by atoms with E-state index in [4.69, 9.17) is 14.6 Å². The number of hydrogen-bond donors (Lipinski definition) is 1. The molecule has 0 spiro atoms. The highest BCUT2D eigenvalue weighted by molar-refractivity contribution is 5.66. The van der Waals surface area contributed by atoms with Crippen LogP contribution in [-0.4, -0.2) is 54.6 Å². The molecule has 5 heteroatoms. The van der Waals surface area contributed by atoms with E-state index in [1.165, 1.54) is 6.42 Å². The van der Waals surface area contributed by atoms with Gasteiger partial charge in [0.25, 0.3) is 0 Å². The Labute approximate surface area is 108 Å². The minimum atomic E-state index is -0.773. The lowest BCUT2D eigenvalue weighted by Crippen LogP contribution is -2.31. The van der Waals surface area contributed by atoms with Gasteiger partial charge in [-0.15, -0.1) is 0 Å². The molecule has 5 nitrogen and oxygen atoms in total. The van der Waals surface area contributed by atoms with Gasteiger partial charge in [0.2, 0.25) is 0 Å². The predicted octanol–water partition coefficient (Wildman–Crippen LogP) is 1.32. The molecule has 2 saturated heterocycles. The van der Waals surface area contributed by atoms with Gasteiger partial charge in [0.1, 0.15) is 0 Å². The standard InChI is InChI=1S/C13H23NO4/c1-13(7-10-5-6-14(2)8-10)17-9-11(18-13)3-4-12(15)16/h10-11H,3-9H2,1-2H3,(H,15,16). The van der Waals surface area contributed by atoms with Crippen LogP contribution >= 0.6 is 0 Å². The first-order valence-electron chi connectivity index (χ1n) is 6.69. The molecule has 1 N–H and O–H groups in total. The van der Waals surface area contributed by atoms with Crippen LogP contribution in [0.3, 0.4) is 0 Å². The minimum Gasteiger partial charge on any atom is -0.481 e. The second-order valence-electron chi connectivity index (χ2n) is 5.74. The molecule has 3 unspecified atom stereocenters. The molecule has 0 radical (unpaired) electrons. The first-order valence-corrected chi connectivity index (χ1v) is 6.69. The Hall–Kier alpha value is -0.650. The van der Waals surface area contributed by atoms with Crippen molar-refractivity contribution >= 4 is 5.97 Å². The molecule has 0 aromatic rings. The molecular weight excluding hydrogens is 234 g/mol. The Balaban J connectivity index is 1.77. The summed E-state index contributed by atoms with van der Waals surface area (Å²) in [5.41, 5.74) is 0. The van der Waals surface area contributed by atoms with Crippen molar-refractivity contribution in [1.82, 2.24) is 4.90 Å². The van der Waals surface area contributed by atoms with Crippen LogP contribution in [0.1, 0.15) is 32.6 Å². The van der Waals surface area contributed by atoms with Crippen LogP contribution in [0.4, 0.5) is 0 Å². The highest BCUT2D eigenvalue weighted by Gasteiger charge is 2.40. The Morgan fingerprint density at radius 2 is 2.33 bits per heavy atom. The summed E-state index contributed by atoms with van der Waals surface area (Å²) in [5, 5.41) is 8.66. The Morgan fingerprint density at radius 3 is 2.94 bits per heavy atom. The average molecular weight is 257 g/mol. The zero-order chi connectivity index (χ0) is 13.2. The molecule has 2 rings (SSSR count). The van der Waals surface area contributed by atoms with Gasteiger partial charge in [-0.1, -0.05) is 0 Å². The molecule has 2 fully saturated rings. The summed E-state index contributed by atoms with van der Waals surface area (Å²) >= 11 is 0. The number of aliphatic carboxylic acids is 1. The van der Waals surface area contributed by atoms with Crippen molar-refractivity contribution in [3.05, 3.63) is 0 Å². The van der Waals surface area contributed by atoms with Crippen LogP contribution in [-0.2, 0) is 14.3 Å². The maximum Gasteiger partial charge on any atom is 0.303 e. The summed E-state index contributed by atoms with van der Waals surface area (Å²) in [5.74, 6) is -0.665. The third kappa shape index (κ3) is 3.67. The van der Waals surface area contributed by atoms with Crippen molar-refractivity contribution in [2.45, 2.75) is 44.5 Å². The summed E-state index contributed by atoms with van der Waals surface area (Å²) in [6, 6.07) is 0. The Bertz CT molecular complexity index is 309. The van der Waals surface area contributed by atoms with Gasteiger partial charge >= 0.3 is 5.97 Å². The molecule has 2 aliphatic rings. The van der Waals surface area contributed by atoms with Crippen LogP contribution in [0, 0.1) is 5.92 Å². The smallest absolute Gasteiger partial charge is 0.303 e. The van der Waals surface area contributed by atoms with E-state index in [1.807, 2.05) is 6.92 Å². The van der Waals surface area contributed by atoms with E-state index < -0.39 is 11.8 Å². The van der Waals surface area contributed by atoms with Gasteiger partial charge in [0, 0.05) is 19.4 Å². The number of carboxylic acid groups (broad SMARTS) is 1. The largest absolute Gasteiger partial charge is 0.481 e. The van der Waals surface area contributed by atoms with Crippen molar-refractivity contribution in [3.63, 3.8) is 0 Å². The van der Waals surface area contributed by atoms with Gasteiger partial charge in [-0.25, -0.2) is 0 Å². The topological polar surface area (TPSA) is 59.0 Å². The van der Waals surface area contributed by atoms with E-state index in [-0.39, 0.29) is 12.5 Å². The summed E-state index contributed by atoms with van der Waals surface area (Å²) < 4.78 is 11.6. The lowest BCUT2D eigenvalue weighted by molar-refractivity contribution is -0.167. The van der Waals surface area contributed by atoms with E-state index in [9.17, 15) is 4.79 Å². The lowest BCUT2D eigenvalue weighted by atomic mass is 9.99. The highest BCUT2D eigenvalue weighted by atomic mass is 16.7. The second-order valence-corrected chi connectivity index (χ2v) is 5.74. The SMILES string of the molecule is CN1CCC(CC2(C)OCC(CCC(=O)O)O2)C1. The zero-order valence-electron chi connectivity index (χ0n) is 11.2. The summed E-state index contributed by atoms with van der Waals surface area (Å²) in [6.45, 7) is 4.74. The first-order chi connectivity index (χ1) is 8.47. The number of carbonyl (C=O) groups is 1. The quantitative estimate of drug-likeness (QED) is 0.805. The van der Waals surface area contributed by atoms with Gasteiger partial charge in [-0.3, -0.25) is 4.79 Å². The molecule has 0 aliphatic carbocycles. The number of ether oxygens (including phenoxy) is 2. The second kappa shape index (κ2) is 5.55. The lowest BCUT2D eigenvalue weighted by Gasteiger charge is -2.26. The third-order valence-electron chi connectivity index (χ3n) is 3.82. The van der Waals surface area contributed by atoms with E-state index in [0.717, 1.165) is 19.5 Å². The van der Waals surface area contributed by atoms with Crippen molar-refractivity contribution < 1.29 is 19.4 Å². The van der Waals surface area contributed by atoms with Crippen LogP contribution < -0.4 is 0 Å². The fourth-order valence-corrected chi connectivity index (χ4v) is 2.94. The van der Waals surface area contributed by atoms with E-state index in [2.05, 4.69) is 11.9 Å². The summed E-state index contributed by atoms with van der Waals surface area (Å²) in [4.78, 5) is 12.9. The molecule has 3 atom stereocenters. The summed E-state index contributed by atoms with van der Waals surface area (Å²) in [7, 11) is 2.13. The van der Waals surface area contributed by atoms with Gasteiger partial charge in [0.15, 0.2) is 5.79 Å². The van der Waals surface area contributed by atoms with Gasteiger partial charge in [0.05, 0.1) is 12.7 Å². The maximum absolute atomic E-state index is 10.5. The van der Waals surface area contributed by atoms with Crippen LogP contribution in [0.25, 0.3) is 0 Å². The van der Waals surface area contributed by atoms with E-state index >= 15 is 0 Å². The number of nitrogens with zero attached hydrogens (tertiary/aromatic N) is 1. The number of hydrogen-bond acceptors (Lipinski definition) is 4. The van der Waals surface area contributed by atoms with Crippen LogP contribution in [0.5, 0.6) is 0 Å². The molecule has 2 heterocycles. The average Bonchev–Trinajstić information content (AvgIpc) is 2.83. The molecule has 18 heavy (non-hydrogen) atoms. The molecular formula is C13H23NO4. The normalized spacial score (nSPS) is 37.2. The minimum absolute atomic E-state index is 0.0646. The van der Waals surface area contributed by atoms with E-state index in [1.54, 1.807) is 0 Å². The van der Waals surface area contributed by atoms with Gasteiger partial charge in [-0.2, -0.15) is 0 Å².